The molecule has 3 aromatic heterocycles. The summed E-state index contributed by atoms with van der Waals surface area (Å²) in [4.78, 5) is 35.5. The van der Waals surface area contributed by atoms with Crippen molar-refractivity contribution >= 4 is 22.6 Å². The van der Waals surface area contributed by atoms with Crippen molar-refractivity contribution in [1.82, 2.24) is 14.0 Å². The number of rotatable bonds is 5. The highest BCUT2D eigenvalue weighted by Crippen LogP contribution is 2.14. The topological polar surface area (TPSA) is 92.5 Å². The SMILES string of the molecule is CCCCCn1c(=NC(=O)c2ccccc2C)c(C#N)cc2c(=O)n3cccc(C)c3nc21. The van der Waals surface area contributed by atoms with Crippen LogP contribution in [0.5, 0.6) is 0 Å². The highest BCUT2D eigenvalue weighted by atomic mass is 16.1. The van der Waals surface area contributed by atoms with Crippen molar-refractivity contribution in [3.8, 4) is 6.07 Å². The highest BCUT2D eigenvalue weighted by Gasteiger charge is 2.16. The van der Waals surface area contributed by atoms with Gasteiger partial charge >= 0.3 is 0 Å². The first-order valence-electron chi connectivity index (χ1n) is 11.1. The van der Waals surface area contributed by atoms with E-state index < -0.39 is 5.91 Å². The molecule has 0 aliphatic carbocycles. The number of hydrogen-bond acceptors (Lipinski definition) is 4. The van der Waals surface area contributed by atoms with Gasteiger partial charge < -0.3 is 4.57 Å². The van der Waals surface area contributed by atoms with Crippen LogP contribution < -0.4 is 11.0 Å². The van der Waals surface area contributed by atoms with E-state index in [1.54, 1.807) is 29.0 Å². The maximum absolute atomic E-state index is 13.3. The van der Waals surface area contributed by atoms with Gasteiger partial charge in [0.1, 0.15) is 17.4 Å². The fourth-order valence-electron chi connectivity index (χ4n) is 3.99. The molecule has 0 fully saturated rings. The number of nitriles is 1. The standard InChI is InChI=1S/C26H25N5O2/c1-4-5-8-13-30-23(29-25(32)20-12-7-6-10-17(20)2)19(16-27)15-21-24(30)28-22-18(3)11-9-14-31(22)26(21)33/h6-7,9-12,14-15H,4-5,8,13H2,1-3H3. The number of aromatic nitrogens is 3. The number of aryl methyl sites for hydroxylation is 3. The quantitative estimate of drug-likeness (QED) is 0.346. The van der Waals surface area contributed by atoms with Gasteiger partial charge in [0, 0.05) is 18.3 Å². The molecule has 1 amide bonds. The summed E-state index contributed by atoms with van der Waals surface area (Å²) in [6.45, 7) is 6.34. The number of fused-ring (bicyclic) bond motifs is 2. The molecule has 4 aromatic rings. The minimum Gasteiger partial charge on any atom is -0.309 e. The smallest absolute Gasteiger partial charge is 0.279 e. The highest BCUT2D eigenvalue weighted by molar-refractivity contribution is 5.96. The predicted molar refractivity (Wildman–Crippen MR) is 127 cm³/mol. The van der Waals surface area contributed by atoms with Crippen molar-refractivity contribution in [3.05, 3.63) is 86.8 Å². The molecule has 33 heavy (non-hydrogen) atoms. The van der Waals surface area contributed by atoms with Gasteiger partial charge in [-0.15, -0.1) is 0 Å². The Morgan fingerprint density at radius 1 is 1.09 bits per heavy atom. The van der Waals surface area contributed by atoms with Crippen LogP contribution in [0, 0.1) is 25.2 Å². The number of hydrogen-bond donors (Lipinski definition) is 0. The predicted octanol–water partition coefficient (Wildman–Crippen LogP) is 4.07. The second-order valence-corrected chi connectivity index (χ2v) is 8.12. The lowest BCUT2D eigenvalue weighted by molar-refractivity contribution is 0.0996. The Morgan fingerprint density at radius 3 is 2.58 bits per heavy atom. The first-order chi connectivity index (χ1) is 16.0. The molecular weight excluding hydrogens is 414 g/mol. The van der Waals surface area contributed by atoms with Crippen LogP contribution in [0.3, 0.4) is 0 Å². The third kappa shape index (κ3) is 4.08. The minimum absolute atomic E-state index is 0.174. The fourth-order valence-corrected chi connectivity index (χ4v) is 3.99. The number of pyridine rings is 2. The van der Waals surface area contributed by atoms with Gasteiger partial charge in [0.15, 0.2) is 5.49 Å². The Morgan fingerprint density at radius 2 is 1.85 bits per heavy atom. The van der Waals surface area contributed by atoms with Gasteiger partial charge in [-0.05, 0) is 49.6 Å². The molecule has 0 bridgehead atoms. The second-order valence-electron chi connectivity index (χ2n) is 8.12. The van der Waals surface area contributed by atoms with Gasteiger partial charge in [-0.2, -0.15) is 10.3 Å². The summed E-state index contributed by atoms with van der Waals surface area (Å²) in [5.74, 6) is -0.429. The number of benzene rings is 1. The Kier molecular flexibility index (Phi) is 6.18. The molecule has 0 aliphatic heterocycles. The molecule has 0 aliphatic rings. The molecule has 0 unspecified atom stereocenters. The van der Waals surface area contributed by atoms with Gasteiger partial charge in [-0.25, -0.2) is 4.98 Å². The third-order valence-corrected chi connectivity index (χ3v) is 5.79. The van der Waals surface area contributed by atoms with E-state index in [4.69, 9.17) is 4.98 Å². The fraction of sp³-hybridized carbons (Fsp3) is 0.269. The van der Waals surface area contributed by atoms with Crippen LogP contribution in [0.1, 0.15) is 53.2 Å². The molecule has 0 saturated heterocycles. The Labute approximate surface area is 191 Å². The number of amides is 1. The van der Waals surface area contributed by atoms with Crippen LogP contribution in [-0.4, -0.2) is 19.9 Å². The largest absolute Gasteiger partial charge is 0.309 e. The zero-order valence-corrected chi connectivity index (χ0v) is 19.0. The maximum Gasteiger partial charge on any atom is 0.279 e. The molecule has 7 nitrogen and oxygen atoms in total. The van der Waals surface area contributed by atoms with Gasteiger partial charge in [0.25, 0.3) is 11.5 Å². The van der Waals surface area contributed by atoms with Crippen molar-refractivity contribution in [2.45, 2.75) is 46.6 Å². The lowest BCUT2D eigenvalue weighted by Crippen LogP contribution is -2.30. The van der Waals surface area contributed by atoms with Gasteiger partial charge in [-0.3, -0.25) is 14.0 Å². The Bertz CT molecular complexity index is 1550. The van der Waals surface area contributed by atoms with Crippen LogP contribution in [0.2, 0.25) is 0 Å². The van der Waals surface area contributed by atoms with Crippen LogP contribution in [0.25, 0.3) is 16.7 Å². The monoisotopic (exact) mass is 439 g/mol. The summed E-state index contributed by atoms with van der Waals surface area (Å²) in [5, 5.41) is 10.2. The summed E-state index contributed by atoms with van der Waals surface area (Å²) >= 11 is 0. The van der Waals surface area contributed by atoms with E-state index in [0.29, 0.717) is 28.8 Å². The van der Waals surface area contributed by atoms with Crippen molar-refractivity contribution in [3.63, 3.8) is 0 Å². The number of carbonyl (C=O) groups excluding carboxylic acids is 1. The van der Waals surface area contributed by atoms with Crippen molar-refractivity contribution in [1.29, 1.82) is 5.26 Å². The van der Waals surface area contributed by atoms with Crippen LogP contribution >= 0.6 is 0 Å². The summed E-state index contributed by atoms with van der Waals surface area (Å²) in [6.07, 6.45) is 4.44. The molecular formula is C26H25N5O2. The number of carbonyl (C=O) groups is 1. The molecule has 0 atom stereocenters. The number of unbranched alkanes of at least 4 members (excludes halogenated alkanes) is 2. The summed E-state index contributed by atoms with van der Waals surface area (Å²) < 4.78 is 3.25. The normalized spacial score (nSPS) is 11.8. The van der Waals surface area contributed by atoms with Gasteiger partial charge in [-0.1, -0.05) is 44.0 Å². The molecule has 0 spiro atoms. The van der Waals surface area contributed by atoms with Crippen molar-refractivity contribution in [2.24, 2.45) is 4.99 Å². The first-order valence-corrected chi connectivity index (χ1v) is 11.1. The van der Waals surface area contributed by atoms with E-state index in [-0.39, 0.29) is 16.6 Å². The van der Waals surface area contributed by atoms with Gasteiger partial charge in [0.05, 0.1) is 10.9 Å². The zero-order chi connectivity index (χ0) is 23.5. The van der Waals surface area contributed by atoms with Crippen LogP contribution in [-0.2, 0) is 6.54 Å². The van der Waals surface area contributed by atoms with E-state index in [1.807, 2.05) is 32.0 Å². The Balaban J connectivity index is 2.09. The van der Waals surface area contributed by atoms with Crippen LogP contribution in [0.4, 0.5) is 0 Å². The van der Waals surface area contributed by atoms with Crippen molar-refractivity contribution in [2.75, 3.05) is 0 Å². The zero-order valence-electron chi connectivity index (χ0n) is 19.0. The second kappa shape index (κ2) is 9.21. The molecule has 1 aromatic carbocycles. The molecule has 0 radical (unpaired) electrons. The molecule has 0 N–H and O–H groups in total. The van der Waals surface area contributed by atoms with E-state index in [9.17, 15) is 14.9 Å². The maximum atomic E-state index is 13.3. The average molecular weight is 440 g/mol. The van der Waals surface area contributed by atoms with Crippen molar-refractivity contribution < 1.29 is 4.79 Å². The average Bonchev–Trinajstić information content (AvgIpc) is 2.81. The molecule has 4 rings (SSSR count). The van der Waals surface area contributed by atoms with E-state index in [0.717, 1.165) is 30.4 Å². The minimum atomic E-state index is -0.429. The van der Waals surface area contributed by atoms with Crippen LogP contribution in [0.15, 0.2) is 58.4 Å². The molecule has 166 valence electrons. The van der Waals surface area contributed by atoms with E-state index in [2.05, 4.69) is 18.0 Å². The summed E-state index contributed by atoms with van der Waals surface area (Å²) in [5.41, 5.74) is 3.27. The number of nitrogens with zero attached hydrogens (tertiary/aromatic N) is 5. The lowest BCUT2D eigenvalue weighted by atomic mass is 10.1. The molecule has 7 heteroatoms. The molecule has 3 heterocycles. The summed E-state index contributed by atoms with van der Waals surface area (Å²) in [7, 11) is 0. The lowest BCUT2D eigenvalue weighted by Gasteiger charge is -2.14. The molecule has 0 saturated carbocycles. The van der Waals surface area contributed by atoms with E-state index >= 15 is 0 Å². The van der Waals surface area contributed by atoms with E-state index in [1.165, 1.54) is 10.5 Å². The van der Waals surface area contributed by atoms with Gasteiger partial charge in [0.2, 0.25) is 0 Å². The Hall–Kier alpha value is -4.05. The third-order valence-electron chi connectivity index (χ3n) is 5.79. The first kappa shape index (κ1) is 22.2. The summed E-state index contributed by atoms with van der Waals surface area (Å²) in [6, 6.07) is 14.5.